The fourth-order valence-corrected chi connectivity index (χ4v) is 3.07. The van der Waals surface area contributed by atoms with Crippen molar-refractivity contribution in [2.75, 3.05) is 5.32 Å². The van der Waals surface area contributed by atoms with Crippen molar-refractivity contribution in [1.29, 1.82) is 0 Å². The lowest BCUT2D eigenvalue weighted by Gasteiger charge is -2.08. The lowest BCUT2D eigenvalue weighted by molar-refractivity contribution is -0.116. The van der Waals surface area contributed by atoms with Crippen LogP contribution in [0.3, 0.4) is 0 Å². The standard InChI is InChI=1S/C17H16Cl3N5O/c1-10-17(22-16(26)9-24-8-13(18)6-21-24)11(2)25(23-10)7-12-3-4-14(19)15(20)5-12/h3-6,8H,7,9H2,1-2H3,(H,22,26). The van der Waals surface area contributed by atoms with E-state index in [0.717, 1.165) is 17.0 Å². The molecular weight excluding hydrogens is 397 g/mol. The predicted molar refractivity (Wildman–Crippen MR) is 103 cm³/mol. The fourth-order valence-electron chi connectivity index (χ4n) is 2.59. The number of hydrogen-bond acceptors (Lipinski definition) is 3. The quantitative estimate of drug-likeness (QED) is 0.678. The number of aromatic nitrogens is 4. The van der Waals surface area contributed by atoms with E-state index in [-0.39, 0.29) is 12.5 Å². The Kier molecular flexibility index (Phi) is 5.55. The largest absolute Gasteiger partial charge is 0.321 e. The molecule has 3 rings (SSSR count). The first-order valence-electron chi connectivity index (χ1n) is 7.79. The predicted octanol–water partition coefficient (Wildman–Crippen LogP) is 4.34. The fraction of sp³-hybridized carbons (Fsp3) is 0.235. The van der Waals surface area contributed by atoms with Crippen molar-refractivity contribution in [2.24, 2.45) is 0 Å². The zero-order chi connectivity index (χ0) is 18.8. The third-order valence-corrected chi connectivity index (χ3v) is 4.80. The third kappa shape index (κ3) is 4.20. The van der Waals surface area contributed by atoms with E-state index in [2.05, 4.69) is 15.5 Å². The van der Waals surface area contributed by atoms with Crippen LogP contribution in [0.15, 0.2) is 30.6 Å². The number of nitrogens with zero attached hydrogens (tertiary/aromatic N) is 4. The van der Waals surface area contributed by atoms with E-state index in [1.54, 1.807) is 18.3 Å². The lowest BCUT2D eigenvalue weighted by Crippen LogP contribution is -2.19. The number of hydrogen-bond donors (Lipinski definition) is 1. The number of benzene rings is 1. The van der Waals surface area contributed by atoms with Crippen molar-refractivity contribution < 1.29 is 4.79 Å². The average molecular weight is 413 g/mol. The molecule has 0 unspecified atom stereocenters. The summed E-state index contributed by atoms with van der Waals surface area (Å²) in [4.78, 5) is 12.3. The van der Waals surface area contributed by atoms with Crippen LogP contribution in [0.5, 0.6) is 0 Å². The summed E-state index contributed by atoms with van der Waals surface area (Å²) in [7, 11) is 0. The van der Waals surface area contributed by atoms with Gasteiger partial charge in [-0.3, -0.25) is 14.2 Å². The number of rotatable bonds is 5. The van der Waals surface area contributed by atoms with Crippen LogP contribution in [0.4, 0.5) is 5.69 Å². The van der Waals surface area contributed by atoms with E-state index >= 15 is 0 Å². The van der Waals surface area contributed by atoms with Gasteiger partial charge in [-0.1, -0.05) is 40.9 Å². The second kappa shape index (κ2) is 7.70. The number of carbonyl (C=O) groups is 1. The van der Waals surface area contributed by atoms with Crippen LogP contribution >= 0.6 is 34.8 Å². The second-order valence-corrected chi connectivity index (χ2v) is 7.11. The first-order valence-corrected chi connectivity index (χ1v) is 8.92. The van der Waals surface area contributed by atoms with E-state index < -0.39 is 0 Å². The number of nitrogens with one attached hydrogen (secondary N) is 1. The van der Waals surface area contributed by atoms with E-state index in [1.807, 2.05) is 24.6 Å². The zero-order valence-electron chi connectivity index (χ0n) is 14.1. The Balaban J connectivity index is 1.74. The highest BCUT2D eigenvalue weighted by Crippen LogP contribution is 2.25. The van der Waals surface area contributed by atoms with Gasteiger partial charge in [-0.25, -0.2) is 0 Å². The number of amides is 1. The van der Waals surface area contributed by atoms with Crippen molar-refractivity contribution in [3.8, 4) is 0 Å². The molecule has 0 atom stereocenters. The maximum Gasteiger partial charge on any atom is 0.246 e. The molecule has 0 radical (unpaired) electrons. The molecule has 0 aliphatic rings. The molecule has 26 heavy (non-hydrogen) atoms. The summed E-state index contributed by atoms with van der Waals surface area (Å²) in [6.45, 7) is 4.34. The van der Waals surface area contributed by atoms with E-state index in [4.69, 9.17) is 34.8 Å². The van der Waals surface area contributed by atoms with Crippen molar-refractivity contribution in [3.63, 3.8) is 0 Å². The van der Waals surface area contributed by atoms with Gasteiger partial charge in [-0.15, -0.1) is 0 Å². The first-order chi connectivity index (χ1) is 12.3. The van der Waals surface area contributed by atoms with E-state index in [1.165, 1.54) is 10.9 Å². The van der Waals surface area contributed by atoms with Crippen molar-refractivity contribution in [1.82, 2.24) is 19.6 Å². The highest BCUT2D eigenvalue weighted by Gasteiger charge is 2.15. The molecular formula is C17H16Cl3N5O. The molecule has 0 saturated heterocycles. The molecule has 2 heterocycles. The van der Waals surface area contributed by atoms with Gasteiger partial charge in [-0.2, -0.15) is 10.2 Å². The van der Waals surface area contributed by atoms with Gasteiger partial charge >= 0.3 is 0 Å². The Morgan fingerprint density at radius 3 is 2.62 bits per heavy atom. The van der Waals surface area contributed by atoms with Crippen LogP contribution in [0.25, 0.3) is 0 Å². The minimum Gasteiger partial charge on any atom is -0.321 e. The molecule has 6 nitrogen and oxygen atoms in total. The van der Waals surface area contributed by atoms with Gasteiger partial charge in [0.1, 0.15) is 6.54 Å². The summed E-state index contributed by atoms with van der Waals surface area (Å²) in [5.41, 5.74) is 3.23. The van der Waals surface area contributed by atoms with Crippen LogP contribution in [0.2, 0.25) is 15.1 Å². The normalized spacial score (nSPS) is 11.0. The highest BCUT2D eigenvalue weighted by atomic mass is 35.5. The lowest BCUT2D eigenvalue weighted by atomic mass is 10.2. The minimum atomic E-state index is -0.204. The first kappa shape index (κ1) is 18.8. The van der Waals surface area contributed by atoms with E-state index in [9.17, 15) is 4.79 Å². The number of aryl methyl sites for hydroxylation is 1. The third-order valence-electron chi connectivity index (χ3n) is 3.87. The molecule has 0 fully saturated rings. The molecule has 0 spiro atoms. The van der Waals surface area contributed by atoms with Crippen LogP contribution in [0.1, 0.15) is 17.0 Å². The Hall–Kier alpha value is -2.02. The molecule has 3 aromatic rings. The summed E-state index contributed by atoms with van der Waals surface area (Å²) >= 11 is 17.8. The number of anilines is 1. The van der Waals surface area contributed by atoms with Gasteiger partial charge < -0.3 is 5.32 Å². The number of carbonyl (C=O) groups excluding carboxylic acids is 1. The molecule has 0 aliphatic carbocycles. The molecule has 0 saturated carbocycles. The summed E-state index contributed by atoms with van der Waals surface area (Å²) in [5, 5.41) is 12.9. The highest BCUT2D eigenvalue weighted by molar-refractivity contribution is 6.42. The Bertz CT molecular complexity index is 963. The summed E-state index contributed by atoms with van der Waals surface area (Å²) in [5.74, 6) is -0.204. The molecule has 1 amide bonds. The number of halogens is 3. The molecule has 1 aromatic carbocycles. The van der Waals surface area contributed by atoms with Crippen LogP contribution in [-0.4, -0.2) is 25.5 Å². The van der Waals surface area contributed by atoms with Crippen LogP contribution in [0, 0.1) is 13.8 Å². The molecule has 136 valence electrons. The monoisotopic (exact) mass is 411 g/mol. The smallest absolute Gasteiger partial charge is 0.246 e. The molecule has 9 heteroatoms. The average Bonchev–Trinajstić information content (AvgIpc) is 3.09. The zero-order valence-corrected chi connectivity index (χ0v) is 16.4. The molecule has 0 aliphatic heterocycles. The molecule has 1 N–H and O–H groups in total. The van der Waals surface area contributed by atoms with Crippen molar-refractivity contribution in [2.45, 2.75) is 26.9 Å². The second-order valence-electron chi connectivity index (χ2n) is 5.86. The summed E-state index contributed by atoms with van der Waals surface area (Å²) < 4.78 is 3.29. The minimum absolute atomic E-state index is 0.0730. The SMILES string of the molecule is Cc1nn(Cc2ccc(Cl)c(Cl)c2)c(C)c1NC(=O)Cn1cc(Cl)cn1. The van der Waals surface area contributed by atoms with Gasteiger partial charge in [0.15, 0.2) is 0 Å². The van der Waals surface area contributed by atoms with Crippen LogP contribution in [-0.2, 0) is 17.9 Å². The van der Waals surface area contributed by atoms with Gasteiger partial charge in [-0.05, 0) is 31.5 Å². The Labute approximate surface area is 165 Å². The Morgan fingerprint density at radius 2 is 1.96 bits per heavy atom. The molecule has 0 bridgehead atoms. The summed E-state index contributed by atoms with van der Waals surface area (Å²) in [6.07, 6.45) is 3.08. The van der Waals surface area contributed by atoms with Gasteiger partial charge in [0.25, 0.3) is 0 Å². The summed E-state index contributed by atoms with van der Waals surface area (Å²) in [6, 6.07) is 5.45. The molecule has 2 aromatic heterocycles. The van der Waals surface area contributed by atoms with Crippen molar-refractivity contribution >= 4 is 46.4 Å². The Morgan fingerprint density at radius 1 is 1.19 bits per heavy atom. The van der Waals surface area contributed by atoms with E-state index in [0.29, 0.717) is 27.3 Å². The maximum atomic E-state index is 12.3. The van der Waals surface area contributed by atoms with Crippen LogP contribution < -0.4 is 5.32 Å². The topological polar surface area (TPSA) is 64.7 Å². The maximum absolute atomic E-state index is 12.3. The van der Waals surface area contributed by atoms with Crippen molar-refractivity contribution in [3.05, 3.63) is 62.6 Å². The van der Waals surface area contributed by atoms with Gasteiger partial charge in [0, 0.05) is 6.20 Å². The van der Waals surface area contributed by atoms with Gasteiger partial charge in [0.2, 0.25) is 5.91 Å². The van der Waals surface area contributed by atoms with Gasteiger partial charge in [0.05, 0.1) is 44.9 Å².